The van der Waals surface area contributed by atoms with Gasteiger partial charge in [0, 0.05) is 12.0 Å². The lowest BCUT2D eigenvalue weighted by Gasteiger charge is -2.06. The van der Waals surface area contributed by atoms with Crippen molar-refractivity contribution in [1.29, 1.82) is 0 Å². The third kappa shape index (κ3) is 4.23. The lowest BCUT2D eigenvalue weighted by atomic mass is 10.0. The van der Waals surface area contributed by atoms with Crippen LogP contribution >= 0.6 is 0 Å². The molecule has 0 amide bonds. The van der Waals surface area contributed by atoms with Crippen molar-refractivity contribution < 1.29 is 9.53 Å². The third-order valence-corrected chi connectivity index (χ3v) is 3.13. The molecule has 0 fully saturated rings. The molecule has 2 aromatic rings. The molecule has 0 aliphatic heterocycles. The van der Waals surface area contributed by atoms with E-state index < -0.39 is 0 Å². The van der Waals surface area contributed by atoms with Crippen molar-refractivity contribution in [1.82, 2.24) is 0 Å². The Morgan fingerprint density at radius 3 is 2.60 bits per heavy atom. The molecule has 0 heterocycles. The van der Waals surface area contributed by atoms with E-state index in [0.29, 0.717) is 13.0 Å². The lowest BCUT2D eigenvalue weighted by Crippen LogP contribution is -2.07. The fourth-order valence-electron chi connectivity index (χ4n) is 2.11. The highest BCUT2D eigenvalue weighted by Crippen LogP contribution is 2.12. The highest BCUT2D eigenvalue weighted by Gasteiger charge is 2.06. The largest absolute Gasteiger partial charge is 0.493 e. The van der Waals surface area contributed by atoms with Crippen LogP contribution in [0.5, 0.6) is 5.75 Å². The van der Waals surface area contributed by atoms with E-state index in [1.807, 2.05) is 48.5 Å². The van der Waals surface area contributed by atoms with Crippen LogP contribution in [-0.2, 0) is 6.42 Å². The molecule has 0 spiro atoms. The number of Topliss-reactive ketones (excluding diaryl/α,β-unsaturated/α-hetero) is 1. The van der Waals surface area contributed by atoms with Gasteiger partial charge in [-0.25, -0.2) is 0 Å². The van der Waals surface area contributed by atoms with E-state index in [4.69, 9.17) is 4.74 Å². The number of aryl methyl sites for hydroxylation is 1. The zero-order chi connectivity index (χ0) is 14.2. The van der Waals surface area contributed by atoms with Gasteiger partial charge in [-0.15, -0.1) is 0 Å². The second kappa shape index (κ2) is 7.49. The molecule has 0 atom stereocenters. The molecule has 0 aromatic heterocycles. The van der Waals surface area contributed by atoms with Gasteiger partial charge in [0.05, 0.1) is 6.61 Å². The van der Waals surface area contributed by atoms with Crippen LogP contribution in [0, 0.1) is 0 Å². The van der Waals surface area contributed by atoms with Crippen LogP contribution in [-0.4, -0.2) is 12.4 Å². The molecular weight excluding hydrogens is 248 g/mol. The van der Waals surface area contributed by atoms with Gasteiger partial charge in [-0.1, -0.05) is 49.7 Å². The van der Waals surface area contributed by atoms with E-state index in [1.165, 1.54) is 5.56 Å². The fraction of sp³-hybridized carbons (Fsp3) is 0.278. The summed E-state index contributed by atoms with van der Waals surface area (Å²) in [5.41, 5.74) is 2.01. The highest BCUT2D eigenvalue weighted by atomic mass is 16.5. The van der Waals surface area contributed by atoms with E-state index in [0.717, 1.165) is 24.2 Å². The molecule has 0 aliphatic carbocycles. The van der Waals surface area contributed by atoms with Gasteiger partial charge in [0.2, 0.25) is 0 Å². The van der Waals surface area contributed by atoms with Gasteiger partial charge in [-0.2, -0.15) is 0 Å². The van der Waals surface area contributed by atoms with E-state index in [1.54, 1.807) is 0 Å². The van der Waals surface area contributed by atoms with Crippen LogP contribution < -0.4 is 4.74 Å². The Labute approximate surface area is 120 Å². The second-order valence-corrected chi connectivity index (χ2v) is 4.79. The van der Waals surface area contributed by atoms with Gasteiger partial charge >= 0.3 is 0 Å². The third-order valence-electron chi connectivity index (χ3n) is 3.13. The summed E-state index contributed by atoms with van der Waals surface area (Å²) in [5.74, 6) is 0.943. The van der Waals surface area contributed by atoms with E-state index >= 15 is 0 Å². The molecule has 0 N–H and O–H groups in total. The molecule has 0 bridgehead atoms. The van der Waals surface area contributed by atoms with Crippen LogP contribution in [0.2, 0.25) is 0 Å². The number of para-hydroxylation sites is 1. The first-order valence-corrected chi connectivity index (χ1v) is 7.09. The average molecular weight is 268 g/mol. The van der Waals surface area contributed by atoms with Crippen LogP contribution in [0.3, 0.4) is 0 Å². The predicted octanol–water partition coefficient (Wildman–Crippen LogP) is 4.29. The topological polar surface area (TPSA) is 26.3 Å². The average Bonchev–Trinajstić information content (AvgIpc) is 2.49. The minimum absolute atomic E-state index is 0.138. The Kier molecular flexibility index (Phi) is 5.36. The fourth-order valence-corrected chi connectivity index (χ4v) is 2.11. The summed E-state index contributed by atoms with van der Waals surface area (Å²) >= 11 is 0. The van der Waals surface area contributed by atoms with E-state index in [2.05, 4.69) is 13.0 Å². The van der Waals surface area contributed by atoms with Crippen molar-refractivity contribution in [3.8, 4) is 5.75 Å². The molecule has 2 rings (SSSR count). The van der Waals surface area contributed by atoms with Crippen molar-refractivity contribution in [3.05, 3.63) is 65.7 Å². The molecule has 0 aliphatic rings. The van der Waals surface area contributed by atoms with Crippen LogP contribution in [0.25, 0.3) is 0 Å². The second-order valence-electron chi connectivity index (χ2n) is 4.79. The van der Waals surface area contributed by atoms with Gasteiger partial charge < -0.3 is 4.74 Å². The van der Waals surface area contributed by atoms with E-state index in [-0.39, 0.29) is 5.78 Å². The summed E-state index contributed by atoms with van der Waals surface area (Å²) in [5, 5.41) is 0. The zero-order valence-electron chi connectivity index (χ0n) is 11.8. The number of carbonyl (C=O) groups excluding carboxylic acids is 1. The summed E-state index contributed by atoms with van der Waals surface area (Å²) in [6, 6.07) is 17.5. The number of hydrogen-bond acceptors (Lipinski definition) is 2. The molecule has 0 saturated heterocycles. The van der Waals surface area contributed by atoms with E-state index in [9.17, 15) is 4.79 Å². The Morgan fingerprint density at radius 1 is 1.05 bits per heavy atom. The molecule has 2 aromatic carbocycles. The molecule has 0 radical (unpaired) electrons. The maximum Gasteiger partial charge on any atom is 0.166 e. The molecule has 20 heavy (non-hydrogen) atoms. The first-order chi connectivity index (χ1) is 9.79. The van der Waals surface area contributed by atoms with Crippen molar-refractivity contribution in [2.24, 2.45) is 0 Å². The monoisotopic (exact) mass is 268 g/mol. The zero-order valence-corrected chi connectivity index (χ0v) is 11.8. The number of carbonyl (C=O) groups is 1. The maximum atomic E-state index is 12.1. The molecule has 2 heteroatoms. The summed E-state index contributed by atoms with van der Waals surface area (Å²) in [4.78, 5) is 12.1. The molecule has 0 unspecified atom stereocenters. The predicted molar refractivity (Wildman–Crippen MR) is 81.3 cm³/mol. The maximum absolute atomic E-state index is 12.1. The van der Waals surface area contributed by atoms with Crippen molar-refractivity contribution >= 4 is 5.78 Å². The number of hydrogen-bond donors (Lipinski definition) is 0. The van der Waals surface area contributed by atoms with Gasteiger partial charge in [0.1, 0.15) is 5.75 Å². The van der Waals surface area contributed by atoms with Crippen molar-refractivity contribution in [2.75, 3.05) is 6.61 Å². The summed E-state index contributed by atoms with van der Waals surface area (Å²) in [7, 11) is 0. The summed E-state index contributed by atoms with van der Waals surface area (Å²) < 4.78 is 5.56. The van der Waals surface area contributed by atoms with Gasteiger partial charge in [-0.05, 0) is 30.2 Å². The highest BCUT2D eigenvalue weighted by molar-refractivity contribution is 5.96. The van der Waals surface area contributed by atoms with Crippen LogP contribution in [0.4, 0.5) is 0 Å². The molecule has 2 nitrogen and oxygen atoms in total. The normalized spacial score (nSPS) is 10.2. The quantitative estimate of drug-likeness (QED) is 0.700. The van der Waals surface area contributed by atoms with Crippen LogP contribution in [0.15, 0.2) is 54.6 Å². The minimum atomic E-state index is 0.138. The Hall–Kier alpha value is -2.09. The lowest BCUT2D eigenvalue weighted by molar-refractivity contribution is 0.0962. The number of benzene rings is 2. The van der Waals surface area contributed by atoms with Gasteiger partial charge in [0.15, 0.2) is 5.78 Å². The van der Waals surface area contributed by atoms with Crippen LogP contribution in [0.1, 0.15) is 35.7 Å². The minimum Gasteiger partial charge on any atom is -0.493 e. The standard InChI is InChI=1S/C18H20O2/c1-2-7-15-8-6-9-16(14-15)18(19)12-13-20-17-10-4-3-5-11-17/h3-6,8-11,14H,2,7,12-13H2,1H3. The SMILES string of the molecule is CCCc1cccc(C(=O)CCOc2ccccc2)c1. The number of ether oxygens (including phenoxy) is 1. The van der Waals surface area contributed by atoms with Crippen molar-refractivity contribution in [3.63, 3.8) is 0 Å². The van der Waals surface area contributed by atoms with Gasteiger partial charge in [0.25, 0.3) is 0 Å². The smallest absolute Gasteiger partial charge is 0.166 e. The van der Waals surface area contributed by atoms with Crippen molar-refractivity contribution in [2.45, 2.75) is 26.2 Å². The Balaban J connectivity index is 1.87. The molecular formula is C18H20O2. The Morgan fingerprint density at radius 2 is 1.85 bits per heavy atom. The molecule has 0 saturated carbocycles. The Bertz CT molecular complexity index is 546. The number of rotatable bonds is 7. The molecule has 104 valence electrons. The summed E-state index contributed by atoms with van der Waals surface area (Å²) in [6.07, 6.45) is 2.51. The first kappa shape index (κ1) is 14.3. The first-order valence-electron chi connectivity index (χ1n) is 7.09. The summed E-state index contributed by atoms with van der Waals surface area (Å²) in [6.45, 7) is 2.56. The van der Waals surface area contributed by atoms with Gasteiger partial charge in [-0.3, -0.25) is 4.79 Å². The number of ketones is 1.